The van der Waals surface area contributed by atoms with Gasteiger partial charge in [-0.1, -0.05) is 18.2 Å². The number of aliphatic imine (C=N–C) groups is 1. The van der Waals surface area contributed by atoms with Crippen molar-refractivity contribution in [3.05, 3.63) is 29.8 Å². The molecule has 0 amide bonds. The summed E-state index contributed by atoms with van der Waals surface area (Å²) in [5.74, 6) is 0.855. The van der Waals surface area contributed by atoms with Crippen molar-refractivity contribution in [3.63, 3.8) is 0 Å². The van der Waals surface area contributed by atoms with Crippen LogP contribution in [0.25, 0.3) is 0 Å². The fraction of sp³-hybridized carbons (Fsp3) is 0.300. The van der Waals surface area contributed by atoms with Gasteiger partial charge in [0.15, 0.2) is 0 Å². The Morgan fingerprint density at radius 1 is 1.50 bits per heavy atom. The Morgan fingerprint density at radius 2 is 2.19 bits per heavy atom. The number of halogens is 1. The molecule has 90 valence electrons. The highest BCUT2D eigenvalue weighted by Crippen LogP contribution is 2.17. The molecule has 0 fully saturated rings. The summed E-state index contributed by atoms with van der Waals surface area (Å²) >= 11 is 0. The summed E-state index contributed by atoms with van der Waals surface area (Å²) in [6, 6.07) is 7.72. The molecule has 0 saturated heterocycles. The van der Waals surface area contributed by atoms with Crippen LogP contribution < -0.4 is 16.0 Å². The number of para-hydroxylation sites is 1. The van der Waals surface area contributed by atoms with E-state index in [0.29, 0.717) is 13.0 Å². The third-order valence-corrected chi connectivity index (χ3v) is 1.97. The van der Waals surface area contributed by atoms with Crippen LogP contribution in [0.5, 0.6) is 5.75 Å². The van der Waals surface area contributed by atoms with E-state index in [0.717, 1.165) is 11.3 Å². The van der Waals surface area contributed by atoms with Crippen molar-refractivity contribution in [2.45, 2.75) is 6.42 Å². The van der Waals surface area contributed by atoms with Crippen LogP contribution in [-0.2, 0) is 6.42 Å². The second kappa shape index (κ2) is 7.78. The van der Waals surface area contributed by atoms with Crippen molar-refractivity contribution in [1.82, 2.24) is 5.48 Å². The fourth-order valence-corrected chi connectivity index (χ4v) is 1.24. The smallest absolute Gasteiger partial charge is 0.212 e. The molecule has 6 heteroatoms. The molecule has 4 N–H and O–H groups in total. The van der Waals surface area contributed by atoms with Gasteiger partial charge in [-0.15, -0.1) is 12.4 Å². The Bertz CT molecular complexity index is 345. The molecule has 0 aliphatic carbocycles. The van der Waals surface area contributed by atoms with Crippen LogP contribution in [0.2, 0.25) is 0 Å². The van der Waals surface area contributed by atoms with E-state index in [-0.39, 0.29) is 18.4 Å². The molecular weight excluding hydrogens is 230 g/mol. The van der Waals surface area contributed by atoms with E-state index < -0.39 is 0 Å². The third-order valence-electron chi connectivity index (χ3n) is 1.97. The normalized spacial score (nSPS) is 10.5. The molecule has 16 heavy (non-hydrogen) atoms. The quantitative estimate of drug-likeness (QED) is 0.419. The number of nitrogens with zero attached hydrogens (tertiary/aromatic N) is 1. The molecule has 1 aromatic carbocycles. The zero-order valence-electron chi connectivity index (χ0n) is 9.01. The second-order valence-electron chi connectivity index (χ2n) is 2.94. The van der Waals surface area contributed by atoms with Gasteiger partial charge < -0.3 is 10.5 Å². The molecule has 1 rings (SSSR count). The average molecular weight is 246 g/mol. The number of nitrogens with one attached hydrogen (secondary N) is 1. The molecule has 1 aromatic rings. The molecule has 0 atom stereocenters. The number of ether oxygens (including phenoxy) is 1. The summed E-state index contributed by atoms with van der Waals surface area (Å²) in [5.41, 5.74) is 8.11. The largest absolute Gasteiger partial charge is 0.496 e. The van der Waals surface area contributed by atoms with Gasteiger partial charge in [0.05, 0.1) is 7.11 Å². The van der Waals surface area contributed by atoms with Crippen LogP contribution in [0.1, 0.15) is 5.56 Å². The monoisotopic (exact) mass is 245 g/mol. The molecule has 5 nitrogen and oxygen atoms in total. The van der Waals surface area contributed by atoms with Crippen molar-refractivity contribution in [1.29, 1.82) is 0 Å². The van der Waals surface area contributed by atoms with Gasteiger partial charge in [-0.05, 0) is 18.1 Å². The summed E-state index contributed by atoms with van der Waals surface area (Å²) in [7, 11) is 1.63. The Labute approximate surface area is 101 Å². The molecule has 0 unspecified atom stereocenters. The van der Waals surface area contributed by atoms with Crippen molar-refractivity contribution < 1.29 is 9.94 Å². The highest BCUT2D eigenvalue weighted by molar-refractivity contribution is 5.85. The minimum absolute atomic E-state index is 0. The van der Waals surface area contributed by atoms with Crippen LogP contribution in [0, 0.1) is 0 Å². The van der Waals surface area contributed by atoms with E-state index >= 15 is 0 Å². The lowest BCUT2D eigenvalue weighted by Crippen LogP contribution is -2.28. The van der Waals surface area contributed by atoms with Gasteiger partial charge in [0, 0.05) is 6.54 Å². The highest BCUT2D eigenvalue weighted by atomic mass is 35.5. The average Bonchev–Trinajstić information content (AvgIpc) is 2.29. The van der Waals surface area contributed by atoms with E-state index in [9.17, 15) is 0 Å². The maximum absolute atomic E-state index is 8.40. The Kier molecular flexibility index (Phi) is 7.07. The fourth-order valence-electron chi connectivity index (χ4n) is 1.24. The van der Waals surface area contributed by atoms with Crippen LogP contribution in [0.15, 0.2) is 29.3 Å². The number of hydroxylamine groups is 1. The van der Waals surface area contributed by atoms with E-state index in [4.69, 9.17) is 15.7 Å². The van der Waals surface area contributed by atoms with Crippen LogP contribution in [0.4, 0.5) is 0 Å². The maximum Gasteiger partial charge on any atom is 0.212 e. The van der Waals surface area contributed by atoms with Gasteiger partial charge in [-0.25, -0.2) is 5.48 Å². The zero-order chi connectivity index (χ0) is 11.1. The first kappa shape index (κ1) is 14.5. The molecule has 0 heterocycles. The number of rotatable bonds is 4. The predicted octanol–water partition coefficient (Wildman–Crippen LogP) is 0.953. The summed E-state index contributed by atoms with van der Waals surface area (Å²) in [6.07, 6.45) is 0.715. The SMILES string of the molecule is COc1ccccc1CCN=C(N)NO.Cl. The summed E-state index contributed by atoms with van der Waals surface area (Å²) in [4.78, 5) is 3.89. The molecule has 0 aliphatic heterocycles. The lowest BCUT2D eigenvalue weighted by Gasteiger charge is -2.06. The van der Waals surface area contributed by atoms with Gasteiger partial charge in [0.1, 0.15) is 5.75 Å². The Hall–Kier alpha value is -1.46. The van der Waals surface area contributed by atoms with Crippen LogP contribution in [-0.4, -0.2) is 24.8 Å². The maximum atomic E-state index is 8.40. The molecule has 0 radical (unpaired) electrons. The van der Waals surface area contributed by atoms with Crippen LogP contribution >= 0.6 is 12.4 Å². The number of methoxy groups -OCH3 is 1. The van der Waals surface area contributed by atoms with Gasteiger partial charge in [-0.3, -0.25) is 10.2 Å². The number of nitrogens with two attached hydrogens (primary N) is 1. The highest BCUT2D eigenvalue weighted by Gasteiger charge is 2.00. The number of benzene rings is 1. The van der Waals surface area contributed by atoms with Gasteiger partial charge >= 0.3 is 0 Å². The molecule has 0 bridgehead atoms. The molecule has 0 saturated carbocycles. The van der Waals surface area contributed by atoms with Crippen molar-refractivity contribution >= 4 is 18.4 Å². The van der Waals surface area contributed by atoms with E-state index in [2.05, 4.69) is 4.99 Å². The standard InChI is InChI=1S/C10H15N3O2.ClH/c1-15-9-5-3-2-4-8(9)6-7-12-10(11)13-14;/h2-5,14H,6-7H2,1H3,(H3,11,12,13);1H. The van der Waals surface area contributed by atoms with E-state index in [1.807, 2.05) is 24.3 Å². The first-order valence-corrected chi connectivity index (χ1v) is 4.60. The Balaban J connectivity index is 0.00000225. The summed E-state index contributed by atoms with van der Waals surface area (Å²) in [5, 5.41) is 8.40. The molecule has 0 aromatic heterocycles. The van der Waals surface area contributed by atoms with Crippen LogP contribution in [0.3, 0.4) is 0 Å². The molecule has 0 aliphatic rings. The molecule has 0 spiro atoms. The number of hydrogen-bond donors (Lipinski definition) is 3. The first-order chi connectivity index (χ1) is 7.27. The molecular formula is C10H16ClN3O2. The van der Waals surface area contributed by atoms with Crippen molar-refractivity contribution in [2.75, 3.05) is 13.7 Å². The van der Waals surface area contributed by atoms with Gasteiger partial charge in [0.2, 0.25) is 5.96 Å². The zero-order valence-corrected chi connectivity index (χ0v) is 9.83. The van der Waals surface area contributed by atoms with Gasteiger partial charge in [0.25, 0.3) is 0 Å². The van der Waals surface area contributed by atoms with Crippen molar-refractivity contribution in [3.8, 4) is 5.75 Å². The topological polar surface area (TPSA) is 79.9 Å². The minimum atomic E-state index is 0. The van der Waals surface area contributed by atoms with Crippen molar-refractivity contribution in [2.24, 2.45) is 10.7 Å². The lowest BCUT2D eigenvalue weighted by molar-refractivity contribution is 0.232. The number of guanidine groups is 1. The third kappa shape index (κ3) is 4.37. The number of hydrogen-bond acceptors (Lipinski definition) is 3. The Morgan fingerprint density at radius 3 is 2.81 bits per heavy atom. The summed E-state index contributed by atoms with van der Waals surface area (Å²) < 4.78 is 5.18. The van der Waals surface area contributed by atoms with Gasteiger partial charge in [-0.2, -0.15) is 0 Å². The lowest BCUT2D eigenvalue weighted by atomic mass is 10.1. The van der Waals surface area contributed by atoms with E-state index in [1.54, 1.807) is 12.6 Å². The first-order valence-electron chi connectivity index (χ1n) is 4.60. The second-order valence-corrected chi connectivity index (χ2v) is 2.94. The minimum Gasteiger partial charge on any atom is -0.496 e. The van der Waals surface area contributed by atoms with E-state index in [1.165, 1.54) is 0 Å². The summed E-state index contributed by atoms with van der Waals surface area (Å²) in [6.45, 7) is 0.500. The predicted molar refractivity (Wildman–Crippen MR) is 65.4 cm³/mol.